The summed E-state index contributed by atoms with van der Waals surface area (Å²) in [6.07, 6.45) is 2.06. The Kier molecular flexibility index (Phi) is 2.22. The van der Waals surface area contributed by atoms with E-state index in [1.54, 1.807) is 0 Å². The molecular weight excluding hydrogens is 238 g/mol. The zero-order valence-electron chi connectivity index (χ0n) is 9.42. The first-order valence-electron chi connectivity index (χ1n) is 5.74. The number of carbonyl (C=O) groups excluding carboxylic acids is 2. The van der Waals surface area contributed by atoms with Gasteiger partial charge in [0, 0.05) is 17.9 Å². The molecule has 3 rings (SSSR count). The van der Waals surface area contributed by atoms with Gasteiger partial charge in [-0.05, 0) is 19.3 Å². The Morgan fingerprint density at radius 2 is 1.94 bits per heavy atom. The number of imide groups is 1. The van der Waals surface area contributed by atoms with E-state index < -0.39 is 5.97 Å². The molecule has 1 aliphatic carbocycles. The van der Waals surface area contributed by atoms with Crippen LogP contribution in [0.15, 0.2) is 6.07 Å². The molecule has 7 nitrogen and oxygen atoms in total. The molecule has 2 atom stereocenters. The summed E-state index contributed by atoms with van der Waals surface area (Å²) in [6, 6.07) is 1.21. The lowest BCUT2D eigenvalue weighted by Gasteiger charge is -2.27. The number of aromatic amines is 1. The first-order valence-corrected chi connectivity index (χ1v) is 5.74. The molecule has 2 amide bonds. The Bertz CT molecular complexity index is 528. The summed E-state index contributed by atoms with van der Waals surface area (Å²) in [4.78, 5) is 35.9. The van der Waals surface area contributed by atoms with E-state index in [4.69, 9.17) is 5.11 Å². The third kappa shape index (κ3) is 1.43. The van der Waals surface area contributed by atoms with Crippen LogP contribution in [0.1, 0.15) is 29.8 Å². The van der Waals surface area contributed by atoms with E-state index in [-0.39, 0.29) is 35.2 Å². The predicted octanol–water partition coefficient (Wildman–Crippen LogP) is 0.397. The topological polar surface area (TPSA) is 103 Å². The van der Waals surface area contributed by atoms with E-state index >= 15 is 0 Å². The number of hydrogen-bond acceptors (Lipinski definition) is 4. The van der Waals surface area contributed by atoms with Crippen LogP contribution in [0.25, 0.3) is 0 Å². The number of aromatic carboxylic acids is 1. The highest BCUT2D eigenvalue weighted by Gasteiger charge is 2.46. The number of fused-ring (bicyclic) bond motifs is 2. The Labute approximate surface area is 102 Å². The van der Waals surface area contributed by atoms with Gasteiger partial charge in [0.05, 0.1) is 0 Å². The summed E-state index contributed by atoms with van der Waals surface area (Å²) in [5.41, 5.74) is -0.136. The summed E-state index contributed by atoms with van der Waals surface area (Å²) in [5, 5.41) is 14.8. The maximum atomic E-state index is 12.1. The molecule has 2 fully saturated rings. The van der Waals surface area contributed by atoms with Crippen LogP contribution in [-0.4, -0.2) is 33.1 Å². The number of carboxylic acid groups (broad SMARTS) is 1. The quantitative estimate of drug-likeness (QED) is 0.738. The third-order valence-corrected chi connectivity index (χ3v) is 3.60. The number of carboxylic acids is 1. The lowest BCUT2D eigenvalue weighted by Crippen LogP contribution is -2.46. The summed E-state index contributed by atoms with van der Waals surface area (Å²) >= 11 is 0. The lowest BCUT2D eigenvalue weighted by molar-refractivity contribution is -0.133. The molecular formula is C11H11N3O4. The molecule has 0 radical (unpaired) electrons. The highest BCUT2D eigenvalue weighted by atomic mass is 16.4. The van der Waals surface area contributed by atoms with Crippen LogP contribution in [0.3, 0.4) is 0 Å². The minimum Gasteiger partial charge on any atom is -0.477 e. The van der Waals surface area contributed by atoms with E-state index in [1.165, 1.54) is 6.07 Å². The van der Waals surface area contributed by atoms with E-state index in [0.717, 1.165) is 17.7 Å². The van der Waals surface area contributed by atoms with Crippen molar-refractivity contribution in [1.82, 2.24) is 10.2 Å². The fourth-order valence-corrected chi connectivity index (χ4v) is 2.66. The summed E-state index contributed by atoms with van der Waals surface area (Å²) in [5.74, 6) is -1.88. The first-order chi connectivity index (χ1) is 8.58. The third-order valence-electron chi connectivity index (χ3n) is 3.60. The molecule has 0 aromatic carbocycles. The summed E-state index contributed by atoms with van der Waals surface area (Å²) < 4.78 is 0. The van der Waals surface area contributed by atoms with Gasteiger partial charge in [-0.3, -0.25) is 14.7 Å². The molecule has 18 heavy (non-hydrogen) atoms. The molecule has 1 aromatic heterocycles. The van der Waals surface area contributed by atoms with Gasteiger partial charge in [-0.2, -0.15) is 5.10 Å². The molecule has 1 saturated carbocycles. The van der Waals surface area contributed by atoms with Gasteiger partial charge in [0.1, 0.15) is 5.69 Å². The number of amides is 2. The van der Waals surface area contributed by atoms with Crippen molar-refractivity contribution in [3.63, 3.8) is 0 Å². The Balaban J connectivity index is 1.97. The number of nitrogens with zero attached hydrogens (tertiary/aromatic N) is 2. The number of anilines is 1. The van der Waals surface area contributed by atoms with Crippen molar-refractivity contribution in [3.05, 3.63) is 11.8 Å². The van der Waals surface area contributed by atoms with Crippen molar-refractivity contribution < 1.29 is 19.5 Å². The number of aromatic nitrogens is 2. The maximum Gasteiger partial charge on any atom is 0.353 e. The fraction of sp³-hybridized carbons (Fsp3) is 0.455. The minimum atomic E-state index is -1.17. The van der Waals surface area contributed by atoms with Gasteiger partial charge in [0.25, 0.3) is 0 Å². The molecule has 2 N–H and O–H groups in total. The van der Waals surface area contributed by atoms with Crippen molar-refractivity contribution in [2.45, 2.75) is 19.3 Å². The minimum absolute atomic E-state index is 0.0824. The van der Waals surface area contributed by atoms with Crippen LogP contribution < -0.4 is 4.90 Å². The van der Waals surface area contributed by atoms with Crippen molar-refractivity contribution >= 4 is 23.6 Å². The molecule has 1 saturated heterocycles. The fourth-order valence-electron chi connectivity index (χ4n) is 2.66. The number of nitrogens with one attached hydrogen (secondary N) is 1. The zero-order valence-corrected chi connectivity index (χ0v) is 9.42. The highest BCUT2D eigenvalue weighted by Crippen LogP contribution is 2.39. The monoisotopic (exact) mass is 249 g/mol. The second kappa shape index (κ2) is 3.66. The Hall–Kier alpha value is -2.18. The van der Waals surface area contributed by atoms with Crippen molar-refractivity contribution in [2.75, 3.05) is 4.90 Å². The highest BCUT2D eigenvalue weighted by molar-refractivity contribution is 6.18. The molecule has 2 heterocycles. The average molecular weight is 249 g/mol. The second-order valence-corrected chi connectivity index (χ2v) is 4.66. The van der Waals surface area contributed by atoms with E-state index in [9.17, 15) is 14.4 Å². The van der Waals surface area contributed by atoms with Gasteiger partial charge < -0.3 is 5.11 Å². The molecule has 1 aliphatic heterocycles. The molecule has 2 aliphatic rings. The molecule has 1 aromatic rings. The van der Waals surface area contributed by atoms with Crippen LogP contribution in [0.4, 0.5) is 5.82 Å². The van der Waals surface area contributed by atoms with Crippen LogP contribution >= 0.6 is 0 Å². The van der Waals surface area contributed by atoms with Crippen molar-refractivity contribution in [2.24, 2.45) is 11.8 Å². The standard InChI is InChI=1S/C11H11N3O4/c15-9-5-1-2-6(3-5)10(16)14(9)8-4-7(11(17)18)12-13-8/h4-6H,1-3H2,(H,12,13)(H,17,18). The van der Waals surface area contributed by atoms with Crippen LogP contribution in [0.2, 0.25) is 0 Å². The van der Waals surface area contributed by atoms with Gasteiger partial charge in [0.2, 0.25) is 11.8 Å². The smallest absolute Gasteiger partial charge is 0.353 e. The average Bonchev–Trinajstić information content (AvgIpc) is 2.95. The van der Waals surface area contributed by atoms with Crippen LogP contribution in [0.5, 0.6) is 0 Å². The Morgan fingerprint density at radius 3 is 2.44 bits per heavy atom. The van der Waals surface area contributed by atoms with Gasteiger partial charge >= 0.3 is 5.97 Å². The predicted molar refractivity (Wildman–Crippen MR) is 58.9 cm³/mol. The number of H-pyrrole nitrogens is 1. The van der Waals surface area contributed by atoms with Crippen LogP contribution in [0, 0.1) is 11.8 Å². The lowest BCUT2D eigenvalue weighted by atomic mass is 9.97. The first kappa shape index (κ1) is 10.9. The maximum absolute atomic E-state index is 12.1. The normalized spacial score (nSPS) is 26.8. The number of rotatable bonds is 2. The van der Waals surface area contributed by atoms with Crippen molar-refractivity contribution in [3.8, 4) is 0 Å². The summed E-state index contributed by atoms with van der Waals surface area (Å²) in [7, 11) is 0. The largest absolute Gasteiger partial charge is 0.477 e. The van der Waals surface area contributed by atoms with Gasteiger partial charge in [-0.1, -0.05) is 0 Å². The van der Waals surface area contributed by atoms with E-state index in [0.29, 0.717) is 6.42 Å². The SMILES string of the molecule is O=C(O)c1cc(N2C(=O)C3CCC(C3)C2=O)n[nH]1. The summed E-state index contributed by atoms with van der Waals surface area (Å²) in [6.45, 7) is 0. The number of carbonyl (C=O) groups is 3. The molecule has 2 bridgehead atoms. The molecule has 7 heteroatoms. The van der Waals surface area contributed by atoms with E-state index in [2.05, 4.69) is 10.2 Å². The van der Waals surface area contributed by atoms with Gasteiger partial charge in [-0.25, -0.2) is 9.69 Å². The van der Waals surface area contributed by atoms with Crippen LogP contribution in [-0.2, 0) is 9.59 Å². The number of hydrogen-bond donors (Lipinski definition) is 2. The van der Waals surface area contributed by atoms with E-state index in [1.807, 2.05) is 0 Å². The van der Waals surface area contributed by atoms with Crippen molar-refractivity contribution in [1.29, 1.82) is 0 Å². The Morgan fingerprint density at radius 1 is 1.33 bits per heavy atom. The zero-order chi connectivity index (χ0) is 12.9. The number of piperidine rings is 1. The molecule has 2 unspecified atom stereocenters. The van der Waals surface area contributed by atoms with Gasteiger partial charge in [-0.15, -0.1) is 0 Å². The molecule has 0 spiro atoms. The van der Waals surface area contributed by atoms with Gasteiger partial charge in [0.15, 0.2) is 5.82 Å². The molecule has 94 valence electrons. The second-order valence-electron chi connectivity index (χ2n) is 4.66.